The Bertz CT molecular complexity index is 415. The fourth-order valence-electron chi connectivity index (χ4n) is 1.62. The van der Waals surface area contributed by atoms with Crippen LogP contribution in [0.15, 0.2) is 24.3 Å². The zero-order chi connectivity index (χ0) is 13.5. The molecule has 3 N–H and O–H groups in total. The van der Waals surface area contributed by atoms with Gasteiger partial charge in [-0.05, 0) is 30.2 Å². The standard InChI is InChI=1S/C13H18N2O3/c1-9(7-12(14)16)8-13(17)15-10-3-5-11(18-2)6-4-10/h3-6,9H,7-8H2,1-2H3,(H2,14,16)(H,15,17)/t9-/m1/s1. The summed E-state index contributed by atoms with van der Waals surface area (Å²) in [5, 5.41) is 2.75. The highest BCUT2D eigenvalue weighted by atomic mass is 16.5. The number of rotatable bonds is 6. The van der Waals surface area contributed by atoms with Crippen molar-refractivity contribution in [3.8, 4) is 5.75 Å². The van der Waals surface area contributed by atoms with Crippen LogP contribution in [0.5, 0.6) is 5.75 Å². The molecule has 0 unspecified atom stereocenters. The monoisotopic (exact) mass is 250 g/mol. The van der Waals surface area contributed by atoms with Crippen molar-refractivity contribution in [1.82, 2.24) is 0 Å². The summed E-state index contributed by atoms with van der Waals surface area (Å²) in [6.45, 7) is 1.82. The molecular weight excluding hydrogens is 232 g/mol. The number of amides is 2. The molecule has 2 amide bonds. The molecule has 1 aromatic carbocycles. The summed E-state index contributed by atoms with van der Waals surface area (Å²) < 4.78 is 5.02. The molecular formula is C13H18N2O3. The van der Waals surface area contributed by atoms with E-state index in [1.54, 1.807) is 31.4 Å². The molecule has 0 saturated heterocycles. The van der Waals surface area contributed by atoms with Gasteiger partial charge in [0.15, 0.2) is 0 Å². The van der Waals surface area contributed by atoms with E-state index in [4.69, 9.17) is 10.5 Å². The van der Waals surface area contributed by atoms with Crippen LogP contribution in [0.3, 0.4) is 0 Å². The molecule has 0 saturated carbocycles. The molecule has 1 rings (SSSR count). The summed E-state index contributed by atoms with van der Waals surface area (Å²) in [6.07, 6.45) is 0.491. The maximum atomic E-state index is 11.7. The maximum Gasteiger partial charge on any atom is 0.224 e. The van der Waals surface area contributed by atoms with E-state index >= 15 is 0 Å². The van der Waals surface area contributed by atoms with Gasteiger partial charge in [0, 0.05) is 18.5 Å². The first kappa shape index (κ1) is 14.0. The lowest BCUT2D eigenvalue weighted by Gasteiger charge is -2.10. The fraction of sp³-hybridized carbons (Fsp3) is 0.385. The van der Waals surface area contributed by atoms with E-state index < -0.39 is 0 Å². The molecule has 1 atom stereocenters. The van der Waals surface area contributed by atoms with Crippen LogP contribution in [0.1, 0.15) is 19.8 Å². The van der Waals surface area contributed by atoms with Gasteiger partial charge in [0.1, 0.15) is 5.75 Å². The van der Waals surface area contributed by atoms with Crippen molar-refractivity contribution in [3.05, 3.63) is 24.3 Å². The zero-order valence-electron chi connectivity index (χ0n) is 10.6. The van der Waals surface area contributed by atoms with Gasteiger partial charge in [-0.3, -0.25) is 9.59 Å². The van der Waals surface area contributed by atoms with Gasteiger partial charge < -0.3 is 15.8 Å². The molecule has 0 spiro atoms. The van der Waals surface area contributed by atoms with E-state index in [2.05, 4.69) is 5.32 Å². The minimum absolute atomic E-state index is 0.0549. The third kappa shape index (κ3) is 4.86. The van der Waals surface area contributed by atoms with Gasteiger partial charge in [-0.15, -0.1) is 0 Å². The Labute approximate surface area is 106 Å². The quantitative estimate of drug-likeness (QED) is 0.803. The normalized spacial score (nSPS) is 11.7. The van der Waals surface area contributed by atoms with Crippen molar-refractivity contribution < 1.29 is 14.3 Å². The average molecular weight is 250 g/mol. The Morgan fingerprint density at radius 1 is 1.28 bits per heavy atom. The summed E-state index contributed by atoms with van der Waals surface area (Å²) >= 11 is 0. The largest absolute Gasteiger partial charge is 0.497 e. The molecule has 0 radical (unpaired) electrons. The smallest absolute Gasteiger partial charge is 0.224 e. The summed E-state index contributed by atoms with van der Waals surface area (Å²) in [7, 11) is 1.58. The highest BCUT2D eigenvalue weighted by Crippen LogP contribution is 2.16. The van der Waals surface area contributed by atoms with Crippen molar-refractivity contribution in [1.29, 1.82) is 0 Å². The summed E-state index contributed by atoms with van der Waals surface area (Å²) in [6, 6.07) is 7.05. The molecule has 0 aliphatic heterocycles. The van der Waals surface area contributed by atoms with Crippen LogP contribution in [0.4, 0.5) is 5.69 Å². The summed E-state index contributed by atoms with van der Waals surface area (Å²) in [4.78, 5) is 22.4. The van der Waals surface area contributed by atoms with E-state index in [1.165, 1.54) is 0 Å². The maximum absolute atomic E-state index is 11.7. The van der Waals surface area contributed by atoms with Gasteiger partial charge in [-0.1, -0.05) is 6.92 Å². The lowest BCUT2D eigenvalue weighted by Crippen LogP contribution is -2.20. The highest BCUT2D eigenvalue weighted by molar-refractivity contribution is 5.91. The first-order chi connectivity index (χ1) is 8.51. The summed E-state index contributed by atoms with van der Waals surface area (Å²) in [5.74, 6) is 0.157. The first-order valence-electron chi connectivity index (χ1n) is 5.73. The van der Waals surface area contributed by atoms with E-state index in [1.807, 2.05) is 6.92 Å². The second-order valence-electron chi connectivity index (χ2n) is 4.26. The van der Waals surface area contributed by atoms with Crippen molar-refractivity contribution in [2.45, 2.75) is 19.8 Å². The van der Waals surface area contributed by atoms with Crippen molar-refractivity contribution in [3.63, 3.8) is 0 Å². The van der Waals surface area contributed by atoms with Gasteiger partial charge >= 0.3 is 0 Å². The van der Waals surface area contributed by atoms with Crippen molar-refractivity contribution >= 4 is 17.5 Å². The topological polar surface area (TPSA) is 81.4 Å². The predicted octanol–water partition coefficient (Wildman–Crippen LogP) is 1.54. The minimum atomic E-state index is -0.389. The third-order valence-electron chi connectivity index (χ3n) is 2.46. The number of hydrogen-bond acceptors (Lipinski definition) is 3. The number of carbonyl (C=O) groups is 2. The molecule has 5 heteroatoms. The van der Waals surface area contributed by atoms with Gasteiger partial charge in [-0.25, -0.2) is 0 Å². The van der Waals surface area contributed by atoms with E-state index in [0.717, 1.165) is 5.75 Å². The first-order valence-corrected chi connectivity index (χ1v) is 5.73. The number of carbonyl (C=O) groups excluding carboxylic acids is 2. The Balaban J connectivity index is 2.46. The Morgan fingerprint density at radius 2 is 1.89 bits per heavy atom. The lowest BCUT2D eigenvalue weighted by molar-refractivity contribution is -0.119. The van der Waals surface area contributed by atoms with Crippen molar-refractivity contribution in [2.75, 3.05) is 12.4 Å². The van der Waals surface area contributed by atoms with Gasteiger partial charge in [0.2, 0.25) is 11.8 Å². The second kappa shape index (κ2) is 6.64. The number of nitrogens with two attached hydrogens (primary N) is 1. The van der Waals surface area contributed by atoms with Gasteiger partial charge in [0.05, 0.1) is 7.11 Å². The second-order valence-corrected chi connectivity index (χ2v) is 4.26. The molecule has 0 aromatic heterocycles. The molecule has 0 bridgehead atoms. The van der Waals surface area contributed by atoms with Crippen molar-refractivity contribution in [2.24, 2.45) is 11.7 Å². The van der Waals surface area contributed by atoms with Crippen LogP contribution in [0.25, 0.3) is 0 Å². The van der Waals surface area contributed by atoms with Crippen LogP contribution in [0, 0.1) is 5.92 Å². The predicted molar refractivity (Wildman–Crippen MR) is 69.2 cm³/mol. The Morgan fingerprint density at radius 3 is 2.39 bits per heavy atom. The Kier molecular flexibility index (Phi) is 5.17. The molecule has 0 fully saturated rings. The Hall–Kier alpha value is -2.04. The van der Waals surface area contributed by atoms with Gasteiger partial charge in [-0.2, -0.15) is 0 Å². The molecule has 98 valence electrons. The van der Waals surface area contributed by atoms with Crippen LogP contribution < -0.4 is 15.8 Å². The molecule has 5 nitrogen and oxygen atoms in total. The van der Waals surface area contributed by atoms with Crippen LogP contribution in [-0.2, 0) is 9.59 Å². The van der Waals surface area contributed by atoms with Gasteiger partial charge in [0.25, 0.3) is 0 Å². The average Bonchev–Trinajstić information content (AvgIpc) is 2.28. The molecule has 0 aliphatic rings. The van der Waals surface area contributed by atoms with Crippen LogP contribution in [-0.4, -0.2) is 18.9 Å². The fourth-order valence-corrected chi connectivity index (χ4v) is 1.62. The molecule has 0 aliphatic carbocycles. The SMILES string of the molecule is COc1ccc(NC(=O)C[C@H](C)CC(N)=O)cc1. The highest BCUT2D eigenvalue weighted by Gasteiger charge is 2.11. The van der Waals surface area contributed by atoms with E-state index in [0.29, 0.717) is 5.69 Å². The van der Waals surface area contributed by atoms with Crippen LogP contribution >= 0.6 is 0 Å². The number of nitrogens with one attached hydrogen (secondary N) is 1. The van der Waals surface area contributed by atoms with Crippen LogP contribution in [0.2, 0.25) is 0 Å². The summed E-state index contributed by atoms with van der Waals surface area (Å²) in [5.41, 5.74) is 5.77. The lowest BCUT2D eigenvalue weighted by atomic mass is 10.0. The molecule has 1 aromatic rings. The minimum Gasteiger partial charge on any atom is -0.497 e. The molecule has 0 heterocycles. The number of primary amides is 1. The number of anilines is 1. The zero-order valence-corrected chi connectivity index (χ0v) is 10.6. The van der Waals surface area contributed by atoms with E-state index in [9.17, 15) is 9.59 Å². The number of methoxy groups -OCH3 is 1. The number of hydrogen-bond donors (Lipinski definition) is 2. The number of benzene rings is 1. The molecule has 18 heavy (non-hydrogen) atoms. The third-order valence-corrected chi connectivity index (χ3v) is 2.46. The number of ether oxygens (including phenoxy) is 1. The van der Waals surface area contributed by atoms with E-state index in [-0.39, 0.29) is 30.6 Å².